The van der Waals surface area contributed by atoms with Gasteiger partial charge in [-0.3, -0.25) is 10.1 Å². The molecule has 0 spiro atoms. The van der Waals surface area contributed by atoms with Crippen LogP contribution in [0.2, 0.25) is 0 Å². The molecule has 8 heteroatoms. The average molecular weight is 302 g/mol. The van der Waals surface area contributed by atoms with Crippen LogP contribution in [0.25, 0.3) is 0 Å². The third kappa shape index (κ3) is 3.13. The molecule has 1 atom stereocenters. The number of sulfone groups is 1. The fourth-order valence-electron chi connectivity index (χ4n) is 2.30. The molecule has 1 heterocycles. The van der Waals surface area contributed by atoms with Gasteiger partial charge in [-0.15, -0.1) is 0 Å². The van der Waals surface area contributed by atoms with Crippen LogP contribution in [0.3, 0.4) is 0 Å². The fraction of sp³-hybridized carbons (Fsp3) is 0.500. The normalized spacial score (nSPS) is 24.7. The molecule has 2 rings (SSSR count). The Morgan fingerprint density at radius 1 is 1.50 bits per heavy atom. The highest BCUT2D eigenvalue weighted by atomic mass is 32.2. The summed E-state index contributed by atoms with van der Waals surface area (Å²) < 4.78 is 36.8. The van der Waals surface area contributed by atoms with E-state index in [1.807, 2.05) is 0 Å². The van der Waals surface area contributed by atoms with Gasteiger partial charge in [0.15, 0.2) is 9.84 Å². The monoisotopic (exact) mass is 302 g/mol. The number of nitrogens with one attached hydrogen (secondary N) is 1. The summed E-state index contributed by atoms with van der Waals surface area (Å²) in [6, 6.07) is 3.95. The minimum Gasteiger partial charge on any atom is -0.306 e. The molecule has 0 radical (unpaired) electrons. The van der Waals surface area contributed by atoms with Crippen molar-refractivity contribution in [2.75, 3.05) is 11.5 Å². The molecule has 0 aromatic heterocycles. The van der Waals surface area contributed by atoms with E-state index in [4.69, 9.17) is 0 Å². The van der Waals surface area contributed by atoms with Crippen LogP contribution in [0, 0.1) is 15.9 Å². The molecule has 1 aliphatic heterocycles. The third-order valence-electron chi connectivity index (χ3n) is 3.46. The molecule has 1 aromatic rings. The van der Waals surface area contributed by atoms with Gasteiger partial charge in [0.1, 0.15) is 0 Å². The molecule has 0 aliphatic carbocycles. The van der Waals surface area contributed by atoms with Gasteiger partial charge >= 0.3 is 5.69 Å². The van der Waals surface area contributed by atoms with Crippen LogP contribution >= 0.6 is 0 Å². The van der Waals surface area contributed by atoms with Gasteiger partial charge in [-0.2, -0.15) is 4.39 Å². The van der Waals surface area contributed by atoms with E-state index in [0.717, 1.165) is 6.07 Å². The summed E-state index contributed by atoms with van der Waals surface area (Å²) in [6.45, 7) is 1.81. The Balaban J connectivity index is 2.12. The van der Waals surface area contributed by atoms with Crippen LogP contribution in [0.4, 0.5) is 10.1 Å². The van der Waals surface area contributed by atoms with Gasteiger partial charge in [0.05, 0.1) is 16.4 Å². The Morgan fingerprint density at radius 2 is 2.20 bits per heavy atom. The van der Waals surface area contributed by atoms with Crippen molar-refractivity contribution in [2.24, 2.45) is 0 Å². The summed E-state index contributed by atoms with van der Waals surface area (Å²) in [4.78, 5) is 9.87. The second-order valence-electron chi connectivity index (χ2n) is 5.26. The van der Waals surface area contributed by atoms with Crippen molar-refractivity contribution >= 4 is 15.5 Å². The van der Waals surface area contributed by atoms with Crippen molar-refractivity contribution in [3.05, 3.63) is 39.7 Å². The lowest BCUT2D eigenvalue weighted by molar-refractivity contribution is -0.387. The molecule has 0 bridgehead atoms. The number of nitrogens with zero attached hydrogens (tertiary/aromatic N) is 1. The Labute approximate surface area is 116 Å². The van der Waals surface area contributed by atoms with E-state index >= 15 is 0 Å². The van der Waals surface area contributed by atoms with Gasteiger partial charge in [-0.05, 0) is 13.3 Å². The maximum Gasteiger partial charge on any atom is 0.305 e. The zero-order chi connectivity index (χ0) is 15.0. The van der Waals surface area contributed by atoms with Gasteiger partial charge in [0.2, 0.25) is 5.82 Å². The van der Waals surface area contributed by atoms with Gasteiger partial charge in [-0.25, -0.2) is 8.42 Å². The SMILES string of the molecule is CC1(NCc2cccc([N+](=O)[O-])c2F)CCS(=O)(=O)C1. The standard InChI is InChI=1S/C12H15FN2O4S/c1-12(5-6-20(18,19)8-12)14-7-9-3-2-4-10(11(9)13)15(16)17/h2-4,14H,5-8H2,1H3. The van der Waals surface area contributed by atoms with E-state index in [2.05, 4.69) is 5.32 Å². The zero-order valence-corrected chi connectivity index (χ0v) is 11.7. The summed E-state index contributed by atoms with van der Waals surface area (Å²) in [5.41, 5.74) is -1.03. The van der Waals surface area contributed by atoms with Crippen molar-refractivity contribution in [3.63, 3.8) is 0 Å². The van der Waals surface area contributed by atoms with E-state index in [-0.39, 0.29) is 23.6 Å². The Bertz CT molecular complexity index is 647. The van der Waals surface area contributed by atoms with Crippen molar-refractivity contribution in [3.8, 4) is 0 Å². The molecule has 0 saturated carbocycles. The lowest BCUT2D eigenvalue weighted by Gasteiger charge is -2.24. The first-order valence-corrected chi connectivity index (χ1v) is 7.92. The maximum atomic E-state index is 13.9. The van der Waals surface area contributed by atoms with Crippen LogP contribution in [0.5, 0.6) is 0 Å². The first-order chi connectivity index (χ1) is 9.22. The minimum atomic E-state index is -3.05. The second-order valence-corrected chi connectivity index (χ2v) is 7.45. The molecule has 1 unspecified atom stereocenters. The number of hydrogen-bond donors (Lipinski definition) is 1. The molecular weight excluding hydrogens is 287 g/mol. The summed E-state index contributed by atoms with van der Waals surface area (Å²) in [5.74, 6) is -0.778. The van der Waals surface area contributed by atoms with Crippen LogP contribution < -0.4 is 5.32 Å². The molecule has 20 heavy (non-hydrogen) atoms. The molecule has 6 nitrogen and oxygen atoms in total. The highest BCUT2D eigenvalue weighted by Gasteiger charge is 2.38. The lowest BCUT2D eigenvalue weighted by Crippen LogP contribution is -2.43. The van der Waals surface area contributed by atoms with Crippen LogP contribution in [-0.4, -0.2) is 30.4 Å². The van der Waals surface area contributed by atoms with Crippen molar-refractivity contribution in [1.82, 2.24) is 5.32 Å². The summed E-state index contributed by atoms with van der Waals surface area (Å²) >= 11 is 0. The highest BCUT2D eigenvalue weighted by Crippen LogP contribution is 2.25. The molecule has 0 amide bonds. The number of halogens is 1. The van der Waals surface area contributed by atoms with Crippen LogP contribution in [0.15, 0.2) is 18.2 Å². The number of nitro benzene ring substituents is 1. The van der Waals surface area contributed by atoms with Gasteiger partial charge in [0, 0.05) is 23.7 Å². The number of hydrogen-bond acceptors (Lipinski definition) is 5. The molecule has 1 N–H and O–H groups in total. The van der Waals surface area contributed by atoms with Crippen molar-refractivity contribution in [1.29, 1.82) is 0 Å². The molecule has 1 aromatic carbocycles. The summed E-state index contributed by atoms with van der Waals surface area (Å²) in [7, 11) is -3.05. The third-order valence-corrected chi connectivity index (χ3v) is 5.37. The molecule has 1 fully saturated rings. The quantitative estimate of drug-likeness (QED) is 0.671. The molecular formula is C12H15FN2O4S. The van der Waals surface area contributed by atoms with Crippen molar-refractivity contribution in [2.45, 2.75) is 25.4 Å². The van der Waals surface area contributed by atoms with E-state index in [1.54, 1.807) is 6.92 Å². The van der Waals surface area contributed by atoms with Gasteiger partial charge in [-0.1, -0.05) is 12.1 Å². The highest BCUT2D eigenvalue weighted by molar-refractivity contribution is 7.91. The Kier molecular flexibility index (Phi) is 3.79. The Morgan fingerprint density at radius 3 is 2.75 bits per heavy atom. The predicted octanol–water partition coefficient (Wildman–Crippen LogP) is 1.40. The summed E-state index contributed by atoms with van der Waals surface area (Å²) in [5, 5.41) is 13.6. The molecule has 1 aliphatic rings. The second kappa shape index (κ2) is 5.10. The maximum absolute atomic E-state index is 13.9. The topological polar surface area (TPSA) is 89.3 Å². The zero-order valence-electron chi connectivity index (χ0n) is 10.9. The average Bonchev–Trinajstić information content (AvgIpc) is 2.62. The van der Waals surface area contributed by atoms with E-state index in [9.17, 15) is 22.9 Å². The van der Waals surface area contributed by atoms with Crippen LogP contribution in [0.1, 0.15) is 18.9 Å². The van der Waals surface area contributed by atoms with Crippen molar-refractivity contribution < 1.29 is 17.7 Å². The minimum absolute atomic E-state index is 0.00343. The van der Waals surface area contributed by atoms with Crippen LogP contribution in [-0.2, 0) is 16.4 Å². The smallest absolute Gasteiger partial charge is 0.305 e. The number of rotatable bonds is 4. The van der Waals surface area contributed by atoms with E-state index in [0.29, 0.717) is 6.42 Å². The first kappa shape index (κ1) is 14.9. The first-order valence-electron chi connectivity index (χ1n) is 6.10. The predicted molar refractivity (Wildman–Crippen MR) is 71.6 cm³/mol. The van der Waals surface area contributed by atoms with Gasteiger partial charge in [0.25, 0.3) is 0 Å². The van der Waals surface area contributed by atoms with E-state index in [1.165, 1.54) is 12.1 Å². The van der Waals surface area contributed by atoms with E-state index < -0.39 is 31.8 Å². The Hall–Kier alpha value is -1.54. The largest absolute Gasteiger partial charge is 0.306 e. The number of nitro groups is 1. The molecule has 110 valence electrons. The molecule has 1 saturated heterocycles. The fourth-order valence-corrected chi connectivity index (χ4v) is 4.43. The number of benzene rings is 1. The lowest BCUT2D eigenvalue weighted by atomic mass is 10.0. The van der Waals surface area contributed by atoms with Gasteiger partial charge < -0.3 is 5.32 Å². The summed E-state index contributed by atoms with van der Waals surface area (Å²) in [6.07, 6.45) is 0.450.